The van der Waals surface area contributed by atoms with Crippen LogP contribution in [0.5, 0.6) is 0 Å². The number of hydrogen-bond acceptors (Lipinski definition) is 2. The van der Waals surface area contributed by atoms with E-state index in [9.17, 15) is 4.79 Å². The molecule has 0 aliphatic heterocycles. The van der Waals surface area contributed by atoms with E-state index in [1.165, 1.54) is 16.3 Å². The standard InChI is InChI=1S/C27H22BrN3O/c1-18(29-27(32)22-9-6-10-23(28)16-22)26-30-24-11-4-5-12-25(24)31(26)17-19-13-14-20-7-2-3-8-21(20)15-19/h2-16,18H,17H2,1H3,(H,29,32). The smallest absolute Gasteiger partial charge is 0.251 e. The minimum Gasteiger partial charge on any atom is -0.342 e. The van der Waals surface area contributed by atoms with Gasteiger partial charge in [-0.3, -0.25) is 4.79 Å². The summed E-state index contributed by atoms with van der Waals surface area (Å²) in [6.45, 7) is 2.66. The number of amides is 1. The molecule has 0 aliphatic carbocycles. The maximum atomic E-state index is 12.8. The van der Waals surface area contributed by atoms with Crippen LogP contribution in [0.4, 0.5) is 0 Å². The Labute approximate surface area is 195 Å². The second kappa shape index (κ2) is 8.60. The lowest BCUT2D eigenvalue weighted by atomic mass is 10.1. The van der Waals surface area contributed by atoms with Crippen molar-refractivity contribution in [1.29, 1.82) is 0 Å². The highest BCUT2D eigenvalue weighted by molar-refractivity contribution is 9.10. The SMILES string of the molecule is CC(NC(=O)c1cccc(Br)c1)c1nc2ccccc2n1Cc1ccc2ccccc2c1. The van der Waals surface area contributed by atoms with Crippen molar-refractivity contribution < 1.29 is 4.79 Å². The lowest BCUT2D eigenvalue weighted by Crippen LogP contribution is -2.28. The largest absolute Gasteiger partial charge is 0.342 e. The molecule has 32 heavy (non-hydrogen) atoms. The fourth-order valence-electron chi connectivity index (χ4n) is 4.08. The number of para-hydroxylation sites is 2. The molecule has 1 heterocycles. The zero-order valence-electron chi connectivity index (χ0n) is 17.6. The molecule has 0 bridgehead atoms. The monoisotopic (exact) mass is 483 g/mol. The molecule has 0 radical (unpaired) electrons. The second-order valence-corrected chi connectivity index (χ2v) is 8.85. The third-order valence-electron chi connectivity index (χ3n) is 5.66. The first-order valence-corrected chi connectivity index (χ1v) is 11.4. The Morgan fingerprint density at radius 2 is 1.72 bits per heavy atom. The van der Waals surface area contributed by atoms with Gasteiger partial charge in [0.1, 0.15) is 5.82 Å². The van der Waals surface area contributed by atoms with Gasteiger partial charge < -0.3 is 9.88 Å². The minimum atomic E-state index is -0.255. The molecule has 0 fully saturated rings. The molecule has 5 heteroatoms. The third-order valence-corrected chi connectivity index (χ3v) is 6.15. The van der Waals surface area contributed by atoms with Crippen LogP contribution in [0.25, 0.3) is 21.8 Å². The summed E-state index contributed by atoms with van der Waals surface area (Å²) in [4.78, 5) is 17.7. The molecular weight excluding hydrogens is 462 g/mol. The number of carbonyl (C=O) groups is 1. The van der Waals surface area contributed by atoms with E-state index in [1.807, 2.05) is 49.4 Å². The van der Waals surface area contributed by atoms with Gasteiger partial charge in [-0.1, -0.05) is 70.5 Å². The molecule has 1 aromatic heterocycles. The topological polar surface area (TPSA) is 46.9 Å². The van der Waals surface area contributed by atoms with Gasteiger partial charge in [0, 0.05) is 16.6 Å². The first-order valence-electron chi connectivity index (χ1n) is 10.6. The van der Waals surface area contributed by atoms with E-state index in [2.05, 4.69) is 74.3 Å². The lowest BCUT2D eigenvalue weighted by molar-refractivity contribution is 0.0937. The summed E-state index contributed by atoms with van der Waals surface area (Å²) in [6.07, 6.45) is 0. The molecule has 4 aromatic carbocycles. The molecule has 5 aromatic rings. The molecule has 0 saturated heterocycles. The van der Waals surface area contributed by atoms with Gasteiger partial charge in [-0.05, 0) is 59.7 Å². The van der Waals surface area contributed by atoms with Gasteiger partial charge in [-0.15, -0.1) is 0 Å². The van der Waals surface area contributed by atoms with Gasteiger partial charge >= 0.3 is 0 Å². The fourth-order valence-corrected chi connectivity index (χ4v) is 4.48. The number of hydrogen-bond donors (Lipinski definition) is 1. The number of nitrogens with one attached hydrogen (secondary N) is 1. The highest BCUT2D eigenvalue weighted by atomic mass is 79.9. The van der Waals surface area contributed by atoms with Crippen LogP contribution in [-0.2, 0) is 6.54 Å². The van der Waals surface area contributed by atoms with Crippen LogP contribution in [0.1, 0.15) is 34.7 Å². The van der Waals surface area contributed by atoms with E-state index in [0.29, 0.717) is 12.1 Å². The predicted molar refractivity (Wildman–Crippen MR) is 133 cm³/mol. The maximum absolute atomic E-state index is 12.8. The Morgan fingerprint density at radius 1 is 0.938 bits per heavy atom. The second-order valence-electron chi connectivity index (χ2n) is 7.93. The van der Waals surface area contributed by atoms with Crippen molar-refractivity contribution in [3.05, 3.63) is 112 Å². The zero-order chi connectivity index (χ0) is 22.1. The summed E-state index contributed by atoms with van der Waals surface area (Å²) in [5.74, 6) is 0.714. The average molecular weight is 484 g/mol. The van der Waals surface area contributed by atoms with E-state index >= 15 is 0 Å². The van der Waals surface area contributed by atoms with Gasteiger partial charge in [0.25, 0.3) is 5.91 Å². The first kappa shape index (κ1) is 20.5. The van der Waals surface area contributed by atoms with Crippen molar-refractivity contribution in [2.45, 2.75) is 19.5 Å². The summed E-state index contributed by atoms with van der Waals surface area (Å²) in [5, 5.41) is 5.55. The van der Waals surface area contributed by atoms with Crippen LogP contribution >= 0.6 is 15.9 Å². The summed E-state index contributed by atoms with van der Waals surface area (Å²) < 4.78 is 3.08. The van der Waals surface area contributed by atoms with Gasteiger partial charge in [-0.25, -0.2) is 4.98 Å². The Kier molecular flexibility index (Phi) is 5.50. The molecule has 0 spiro atoms. The number of rotatable bonds is 5. The molecule has 1 N–H and O–H groups in total. The Bertz CT molecular complexity index is 1440. The highest BCUT2D eigenvalue weighted by Crippen LogP contribution is 2.24. The van der Waals surface area contributed by atoms with E-state index in [-0.39, 0.29) is 11.9 Å². The van der Waals surface area contributed by atoms with E-state index in [1.54, 1.807) is 0 Å². The Morgan fingerprint density at radius 3 is 2.56 bits per heavy atom. The van der Waals surface area contributed by atoms with Crippen molar-refractivity contribution in [2.24, 2.45) is 0 Å². The van der Waals surface area contributed by atoms with Crippen molar-refractivity contribution in [1.82, 2.24) is 14.9 Å². The number of carbonyl (C=O) groups excluding carboxylic acids is 1. The van der Waals surface area contributed by atoms with Gasteiger partial charge in [0.15, 0.2) is 0 Å². The summed E-state index contributed by atoms with van der Waals surface area (Å²) in [5.41, 5.74) is 3.79. The van der Waals surface area contributed by atoms with Crippen LogP contribution < -0.4 is 5.32 Å². The third kappa shape index (κ3) is 4.04. The molecule has 4 nitrogen and oxygen atoms in total. The number of imidazole rings is 1. The molecule has 0 aliphatic rings. The van der Waals surface area contributed by atoms with Crippen LogP contribution in [0.2, 0.25) is 0 Å². The molecule has 1 atom stereocenters. The minimum absolute atomic E-state index is 0.122. The highest BCUT2D eigenvalue weighted by Gasteiger charge is 2.19. The van der Waals surface area contributed by atoms with Gasteiger partial charge in [0.05, 0.1) is 17.1 Å². The van der Waals surface area contributed by atoms with Crippen molar-refractivity contribution in [3.8, 4) is 0 Å². The number of fused-ring (bicyclic) bond motifs is 2. The van der Waals surface area contributed by atoms with Crippen LogP contribution in [0.15, 0.2) is 95.5 Å². The molecule has 1 unspecified atom stereocenters. The van der Waals surface area contributed by atoms with Crippen LogP contribution in [0.3, 0.4) is 0 Å². The number of halogens is 1. The predicted octanol–water partition coefficient (Wildman–Crippen LogP) is 6.49. The summed E-state index contributed by atoms with van der Waals surface area (Å²) in [7, 11) is 0. The molecule has 1 amide bonds. The van der Waals surface area contributed by atoms with E-state index in [4.69, 9.17) is 4.98 Å². The van der Waals surface area contributed by atoms with Crippen LogP contribution in [-0.4, -0.2) is 15.5 Å². The molecule has 5 rings (SSSR count). The number of aromatic nitrogens is 2. The molecule has 0 saturated carbocycles. The quantitative estimate of drug-likeness (QED) is 0.310. The number of nitrogens with zero attached hydrogens (tertiary/aromatic N) is 2. The van der Waals surface area contributed by atoms with Gasteiger partial charge in [0.2, 0.25) is 0 Å². The van der Waals surface area contributed by atoms with Crippen molar-refractivity contribution in [2.75, 3.05) is 0 Å². The first-order chi connectivity index (χ1) is 15.6. The average Bonchev–Trinajstić information content (AvgIpc) is 3.17. The number of benzene rings is 4. The van der Waals surface area contributed by atoms with Gasteiger partial charge in [-0.2, -0.15) is 0 Å². The fraction of sp³-hybridized carbons (Fsp3) is 0.111. The van der Waals surface area contributed by atoms with E-state index < -0.39 is 0 Å². The normalized spacial score (nSPS) is 12.2. The summed E-state index contributed by atoms with van der Waals surface area (Å²) >= 11 is 3.43. The summed E-state index contributed by atoms with van der Waals surface area (Å²) in [6, 6.07) is 30.1. The zero-order valence-corrected chi connectivity index (χ0v) is 19.2. The van der Waals surface area contributed by atoms with Crippen molar-refractivity contribution in [3.63, 3.8) is 0 Å². The molecular formula is C27H22BrN3O. The lowest BCUT2D eigenvalue weighted by Gasteiger charge is -2.17. The van der Waals surface area contributed by atoms with Crippen LogP contribution in [0, 0.1) is 0 Å². The molecule has 158 valence electrons. The Balaban J connectivity index is 1.50. The Hall–Kier alpha value is -3.44. The van der Waals surface area contributed by atoms with E-state index in [0.717, 1.165) is 21.3 Å². The maximum Gasteiger partial charge on any atom is 0.251 e. The van der Waals surface area contributed by atoms with Crippen molar-refractivity contribution >= 4 is 43.6 Å².